The fourth-order valence-corrected chi connectivity index (χ4v) is 10.6. The number of ether oxygens (including phenoxy) is 2. The smallest absolute Gasteiger partial charge is 0.394 e. The maximum absolute atomic E-state index is 13.8. The third-order valence-electron chi connectivity index (χ3n) is 13.9. The highest BCUT2D eigenvalue weighted by molar-refractivity contribution is 7.48. The Labute approximate surface area is 462 Å². The van der Waals surface area contributed by atoms with Crippen LogP contribution in [0, 0.1) is 0 Å². The average Bonchev–Trinajstić information content (AvgIpc) is 3.38. The van der Waals surface area contributed by atoms with E-state index in [1.807, 2.05) is 0 Å². The lowest BCUT2D eigenvalue weighted by molar-refractivity contribution is -0.274. The average molecular weight is 1120 g/mol. The van der Waals surface area contributed by atoms with Gasteiger partial charge in [-0.15, -0.1) is 4.62 Å². The Balaban J connectivity index is 2.80. The number of phosphoric acid groups is 1. The van der Waals surface area contributed by atoms with Gasteiger partial charge in [0.15, 0.2) is 6.29 Å². The molecule has 0 aromatic heterocycles. The molecule has 452 valence electrons. The van der Waals surface area contributed by atoms with Crippen molar-refractivity contribution in [1.82, 2.24) is 20.8 Å². The van der Waals surface area contributed by atoms with Crippen LogP contribution in [-0.4, -0.2) is 142 Å². The topological polar surface area (TPSA) is 312 Å². The molecule has 1 saturated heterocycles. The summed E-state index contributed by atoms with van der Waals surface area (Å²) in [5.41, 5.74) is 11.7. The molecule has 0 bridgehead atoms. The Hall–Kier alpha value is -2.82. The third-order valence-corrected chi connectivity index (χ3v) is 15.3. The fourth-order valence-electron chi connectivity index (χ4n) is 9.45. The Morgan fingerprint density at radius 1 is 0.688 bits per heavy atom. The molecule has 0 saturated carbocycles. The van der Waals surface area contributed by atoms with Crippen LogP contribution in [0.3, 0.4) is 0 Å². The molecule has 0 radical (unpaired) electrons. The summed E-state index contributed by atoms with van der Waals surface area (Å²) in [7, 11) is -4.57. The second-order valence-electron chi connectivity index (χ2n) is 21.1. The van der Waals surface area contributed by atoms with Crippen molar-refractivity contribution < 1.29 is 72.2 Å². The monoisotopic (exact) mass is 1120 g/mol. The largest absolute Gasteiger partial charge is 0.498 e. The second-order valence-corrected chi connectivity index (χ2v) is 22.7. The number of carbonyl (C=O) groups is 5. The van der Waals surface area contributed by atoms with Gasteiger partial charge in [0.25, 0.3) is 5.91 Å². The first-order valence-corrected chi connectivity index (χ1v) is 31.1. The van der Waals surface area contributed by atoms with Crippen molar-refractivity contribution in [3.05, 3.63) is 0 Å². The minimum Gasteiger partial charge on any atom is -0.394 e. The van der Waals surface area contributed by atoms with E-state index in [-0.39, 0.29) is 44.2 Å². The molecule has 0 aliphatic carbocycles. The van der Waals surface area contributed by atoms with Crippen LogP contribution < -0.4 is 22.1 Å². The van der Waals surface area contributed by atoms with Crippen molar-refractivity contribution in [2.75, 3.05) is 32.9 Å². The predicted octanol–water partition coefficient (Wildman–Crippen LogP) is 8.29. The van der Waals surface area contributed by atoms with Gasteiger partial charge >= 0.3 is 7.82 Å². The summed E-state index contributed by atoms with van der Waals surface area (Å²) in [6.45, 7) is 6.83. The van der Waals surface area contributed by atoms with Crippen LogP contribution in [0.4, 0.5) is 0 Å². The van der Waals surface area contributed by atoms with Crippen LogP contribution in [0.25, 0.3) is 0 Å². The minimum atomic E-state index is -4.57. The lowest BCUT2D eigenvalue weighted by atomic mass is 9.96. The number of nitrogens with zero attached hydrogens (tertiary/aromatic N) is 2. The second kappa shape index (κ2) is 44.9. The standard InChI is InChI=1S/C55H107N6O15P/c1-6-8-10-12-14-16-18-20-21-22-24-26-28-30-32-34-39-72-77(71,76-61(70)49(65)35-33-31-29-27-25-23-19-17-15-13-11-9-7-2)73-40-38-58-48(64)37-36-46(53(57)67)60(54(68)44(4)56)41-43(3)74-52-50(59-45(5)63)55(69)75-47(42-62)51(52)66/h43-44,46-47,50-52,55,62,66,69-70H,6-42,56H2,1-5H3,(H2,57,67)(H,58,64)(H,59,63)/t43?,44-,46+,47+,50-,51+,52+,55-,77?/m0/s1. The van der Waals surface area contributed by atoms with Crippen LogP contribution in [-0.2, 0) is 51.7 Å². The van der Waals surface area contributed by atoms with Crippen LogP contribution >= 0.6 is 7.82 Å². The maximum Gasteiger partial charge on any atom is 0.498 e. The molecule has 21 nitrogen and oxygen atoms in total. The highest BCUT2D eigenvalue weighted by Crippen LogP contribution is 2.50. The molecule has 1 rings (SSSR count). The lowest BCUT2D eigenvalue weighted by Crippen LogP contribution is -2.65. The van der Waals surface area contributed by atoms with Crippen LogP contribution in [0.2, 0.25) is 0 Å². The first kappa shape index (κ1) is 72.2. The van der Waals surface area contributed by atoms with E-state index in [9.17, 15) is 49.1 Å². The molecule has 9 atom stereocenters. The number of amides is 5. The van der Waals surface area contributed by atoms with Gasteiger partial charge in [0.1, 0.15) is 30.4 Å². The molecule has 10 N–H and O–H groups in total. The number of phosphoric ester groups is 1. The highest BCUT2D eigenvalue weighted by atomic mass is 31.2. The number of hydrogen-bond acceptors (Lipinski definition) is 16. The molecule has 77 heavy (non-hydrogen) atoms. The molecule has 0 spiro atoms. The Bertz CT molecular complexity index is 1620. The fraction of sp³-hybridized carbons (Fsp3) is 0.909. The van der Waals surface area contributed by atoms with Crippen LogP contribution in [0.5, 0.6) is 0 Å². The first-order chi connectivity index (χ1) is 36.9. The number of primary amides is 1. The van der Waals surface area contributed by atoms with E-state index in [1.54, 1.807) is 0 Å². The Morgan fingerprint density at radius 2 is 1.14 bits per heavy atom. The van der Waals surface area contributed by atoms with Crippen molar-refractivity contribution in [2.45, 2.75) is 289 Å². The highest BCUT2D eigenvalue weighted by Gasteiger charge is 2.47. The van der Waals surface area contributed by atoms with Crippen molar-refractivity contribution in [3.63, 3.8) is 0 Å². The Morgan fingerprint density at radius 3 is 1.58 bits per heavy atom. The molecule has 1 aliphatic rings. The number of rotatable bonds is 50. The van der Waals surface area contributed by atoms with E-state index < -0.39 is 99.4 Å². The first-order valence-electron chi connectivity index (χ1n) is 29.7. The number of nitrogens with two attached hydrogens (primary N) is 2. The summed E-state index contributed by atoms with van der Waals surface area (Å²) in [5.74, 6) is -3.66. The lowest BCUT2D eigenvalue weighted by Gasteiger charge is -2.44. The van der Waals surface area contributed by atoms with E-state index in [0.29, 0.717) is 12.8 Å². The van der Waals surface area contributed by atoms with Crippen molar-refractivity contribution in [1.29, 1.82) is 0 Å². The van der Waals surface area contributed by atoms with Gasteiger partial charge in [-0.25, -0.2) is 4.57 Å². The van der Waals surface area contributed by atoms with Crippen LogP contribution in [0.1, 0.15) is 240 Å². The van der Waals surface area contributed by atoms with E-state index in [1.165, 1.54) is 143 Å². The van der Waals surface area contributed by atoms with E-state index in [4.69, 9.17) is 34.6 Å². The number of aliphatic hydroxyl groups is 3. The van der Waals surface area contributed by atoms with Crippen molar-refractivity contribution in [2.24, 2.45) is 11.5 Å². The molecule has 1 heterocycles. The molecular weight excluding hydrogens is 1020 g/mol. The summed E-state index contributed by atoms with van der Waals surface area (Å²) >= 11 is 0. The molecule has 2 unspecified atom stereocenters. The van der Waals surface area contributed by atoms with Gasteiger partial charge in [0.2, 0.25) is 23.6 Å². The van der Waals surface area contributed by atoms with Gasteiger partial charge < -0.3 is 51.8 Å². The SMILES string of the molecule is CCCCCCCCCCCCCCCCCCOP(=O)(OCCNC(=O)CC[C@H](C(N)=O)N(CC(C)O[C@H]1[C@H](O)[C@@H](CO)O[C@H](O)[C@H]1NC(C)=O)C(=O)[C@H](C)N)ON(O)C(=O)CCCCCCCCCCCCCCC. The normalized spacial score (nSPS) is 19.5. The number of unbranched alkanes of at least 4 members (excludes halogenated alkanes) is 27. The molecule has 1 fully saturated rings. The minimum absolute atomic E-state index is 0.0333. The quantitative estimate of drug-likeness (QED) is 0.0123. The van der Waals surface area contributed by atoms with Gasteiger partial charge in [-0.2, -0.15) is 0 Å². The van der Waals surface area contributed by atoms with Gasteiger partial charge in [-0.1, -0.05) is 192 Å². The third kappa shape index (κ3) is 34.2. The van der Waals surface area contributed by atoms with Gasteiger partial charge in [-0.05, 0) is 33.1 Å². The Kier molecular flexibility index (Phi) is 42.1. The molecule has 0 aromatic rings. The summed E-state index contributed by atoms with van der Waals surface area (Å²) < 4.78 is 41.3. The molecule has 5 amide bonds. The summed E-state index contributed by atoms with van der Waals surface area (Å²) in [4.78, 5) is 65.3. The summed E-state index contributed by atoms with van der Waals surface area (Å²) in [6, 6.07) is -3.77. The molecular formula is C55H107N6O15P. The molecule has 22 heteroatoms. The predicted molar refractivity (Wildman–Crippen MR) is 296 cm³/mol. The molecule has 1 aliphatic heterocycles. The van der Waals surface area contributed by atoms with E-state index in [2.05, 4.69) is 24.5 Å². The zero-order chi connectivity index (χ0) is 57.3. The van der Waals surface area contributed by atoms with E-state index in [0.717, 1.165) is 56.3 Å². The summed E-state index contributed by atoms with van der Waals surface area (Å²) in [6.07, 6.45) is 26.0. The molecule has 0 aromatic carbocycles. The van der Waals surface area contributed by atoms with Crippen LogP contribution in [0.15, 0.2) is 0 Å². The number of nitrogens with one attached hydrogen (secondary N) is 2. The zero-order valence-electron chi connectivity index (χ0n) is 48.1. The number of hydrogen-bond donors (Lipinski definition) is 8. The number of carbonyl (C=O) groups excluding carboxylic acids is 5. The van der Waals surface area contributed by atoms with Crippen molar-refractivity contribution >= 4 is 37.4 Å². The van der Waals surface area contributed by atoms with Gasteiger partial charge in [-0.3, -0.25) is 38.2 Å². The van der Waals surface area contributed by atoms with Crippen molar-refractivity contribution in [3.8, 4) is 0 Å². The number of hydroxylamine groups is 2. The van der Waals surface area contributed by atoms with Gasteiger partial charge in [0, 0.05) is 32.9 Å². The number of aliphatic hydroxyl groups excluding tert-OH is 3. The zero-order valence-corrected chi connectivity index (χ0v) is 49.0. The summed E-state index contributed by atoms with van der Waals surface area (Å²) in [5, 5.41) is 46.7. The maximum atomic E-state index is 13.8. The van der Waals surface area contributed by atoms with E-state index >= 15 is 0 Å². The van der Waals surface area contributed by atoms with Gasteiger partial charge in [0.05, 0.1) is 32.0 Å².